The molecule has 1 fully saturated rings. The first-order valence-corrected chi connectivity index (χ1v) is 8.90. The van der Waals surface area contributed by atoms with E-state index in [2.05, 4.69) is 41.3 Å². The van der Waals surface area contributed by atoms with Crippen LogP contribution in [0.5, 0.6) is 0 Å². The Morgan fingerprint density at radius 3 is 2.62 bits per heavy atom. The highest BCUT2D eigenvalue weighted by Gasteiger charge is 2.17. The first kappa shape index (κ1) is 18.2. The van der Waals surface area contributed by atoms with Crippen molar-refractivity contribution in [2.45, 2.75) is 26.3 Å². The molecule has 2 heterocycles. The van der Waals surface area contributed by atoms with Crippen LogP contribution in [0.4, 0.5) is 17.2 Å². The van der Waals surface area contributed by atoms with E-state index in [4.69, 9.17) is 4.74 Å². The molecule has 6 heteroatoms. The molecule has 0 radical (unpaired) electrons. The number of carbonyl (C=O) groups is 1. The van der Waals surface area contributed by atoms with Crippen molar-refractivity contribution in [2.75, 3.05) is 41.8 Å². The largest absolute Gasteiger partial charge is 0.378 e. The first-order valence-electron chi connectivity index (χ1n) is 8.90. The maximum atomic E-state index is 12.8. The standard InChI is InChI=1S/C20H26N4O2/c1-20(2,3)23-18-14-15(8-9-21-18)19(25)22-16-6-4-5-7-17(16)24-10-12-26-13-11-24/h4-9,14H,10-13H2,1-3H3,(H,21,23)(H,22,25). The molecule has 1 aromatic carbocycles. The van der Waals surface area contributed by atoms with Gasteiger partial charge in [-0.05, 0) is 45.0 Å². The second-order valence-corrected chi connectivity index (χ2v) is 7.38. The van der Waals surface area contributed by atoms with Gasteiger partial charge in [0.2, 0.25) is 0 Å². The summed E-state index contributed by atoms with van der Waals surface area (Å²) in [6, 6.07) is 11.4. The SMILES string of the molecule is CC(C)(C)Nc1cc(C(=O)Nc2ccccc2N2CCOCC2)ccn1. The number of carbonyl (C=O) groups excluding carboxylic acids is 1. The van der Waals surface area contributed by atoms with Crippen LogP contribution >= 0.6 is 0 Å². The van der Waals surface area contributed by atoms with E-state index >= 15 is 0 Å². The Balaban J connectivity index is 1.77. The van der Waals surface area contributed by atoms with E-state index in [1.807, 2.05) is 24.3 Å². The van der Waals surface area contributed by atoms with Crippen LogP contribution in [-0.4, -0.2) is 42.7 Å². The number of aromatic nitrogens is 1. The molecule has 26 heavy (non-hydrogen) atoms. The van der Waals surface area contributed by atoms with Crippen molar-refractivity contribution in [1.29, 1.82) is 0 Å². The number of ether oxygens (including phenoxy) is 1. The molecule has 1 saturated heterocycles. The highest BCUT2D eigenvalue weighted by molar-refractivity contribution is 6.06. The second-order valence-electron chi connectivity index (χ2n) is 7.38. The van der Waals surface area contributed by atoms with Crippen LogP contribution in [0.2, 0.25) is 0 Å². The minimum Gasteiger partial charge on any atom is -0.378 e. The summed E-state index contributed by atoms with van der Waals surface area (Å²) in [6.07, 6.45) is 1.65. The third-order valence-electron chi connectivity index (χ3n) is 4.03. The lowest BCUT2D eigenvalue weighted by atomic mass is 10.1. The zero-order valence-electron chi connectivity index (χ0n) is 15.6. The Morgan fingerprint density at radius 1 is 1.15 bits per heavy atom. The van der Waals surface area contributed by atoms with Gasteiger partial charge in [-0.25, -0.2) is 4.98 Å². The number of anilines is 3. The van der Waals surface area contributed by atoms with Gasteiger partial charge in [0.25, 0.3) is 5.91 Å². The molecule has 0 unspecified atom stereocenters. The molecule has 1 aromatic heterocycles. The van der Waals surface area contributed by atoms with E-state index in [9.17, 15) is 4.79 Å². The summed E-state index contributed by atoms with van der Waals surface area (Å²) in [7, 11) is 0. The predicted molar refractivity (Wildman–Crippen MR) is 105 cm³/mol. The minimum atomic E-state index is -0.148. The zero-order valence-corrected chi connectivity index (χ0v) is 15.6. The number of benzene rings is 1. The van der Waals surface area contributed by atoms with Crippen molar-refractivity contribution in [3.63, 3.8) is 0 Å². The molecule has 0 bridgehead atoms. The lowest BCUT2D eigenvalue weighted by Gasteiger charge is -2.30. The second kappa shape index (κ2) is 7.74. The summed E-state index contributed by atoms with van der Waals surface area (Å²) >= 11 is 0. The van der Waals surface area contributed by atoms with Crippen LogP contribution in [-0.2, 0) is 4.74 Å². The number of pyridine rings is 1. The predicted octanol–water partition coefficient (Wildman–Crippen LogP) is 3.38. The van der Waals surface area contributed by atoms with Crippen LogP contribution in [0.15, 0.2) is 42.6 Å². The van der Waals surface area contributed by atoms with Crippen LogP contribution in [0.1, 0.15) is 31.1 Å². The maximum absolute atomic E-state index is 12.8. The van der Waals surface area contributed by atoms with Gasteiger partial charge in [-0.2, -0.15) is 0 Å². The number of hydrogen-bond acceptors (Lipinski definition) is 5. The number of amides is 1. The maximum Gasteiger partial charge on any atom is 0.255 e. The summed E-state index contributed by atoms with van der Waals surface area (Å²) in [5, 5.41) is 6.33. The molecular formula is C20H26N4O2. The Kier molecular flexibility index (Phi) is 5.42. The van der Waals surface area contributed by atoms with Crippen molar-refractivity contribution in [3.05, 3.63) is 48.2 Å². The summed E-state index contributed by atoms with van der Waals surface area (Å²) in [5.41, 5.74) is 2.28. The lowest BCUT2D eigenvalue weighted by molar-refractivity contribution is 0.102. The molecule has 2 aromatic rings. The quantitative estimate of drug-likeness (QED) is 0.881. The van der Waals surface area contributed by atoms with Crippen molar-refractivity contribution >= 4 is 23.1 Å². The van der Waals surface area contributed by atoms with Gasteiger partial charge in [0.15, 0.2) is 0 Å². The molecule has 3 rings (SSSR count). The average molecular weight is 354 g/mol. The fraction of sp³-hybridized carbons (Fsp3) is 0.400. The third kappa shape index (κ3) is 4.73. The van der Waals surface area contributed by atoms with Crippen LogP contribution < -0.4 is 15.5 Å². The summed E-state index contributed by atoms with van der Waals surface area (Å²) in [6.45, 7) is 9.21. The van der Waals surface area contributed by atoms with Crippen molar-refractivity contribution in [3.8, 4) is 0 Å². The normalized spacial score (nSPS) is 14.8. The fourth-order valence-electron chi connectivity index (χ4n) is 2.88. The average Bonchev–Trinajstić information content (AvgIpc) is 2.62. The molecule has 1 aliphatic heterocycles. The summed E-state index contributed by atoms with van der Waals surface area (Å²) < 4.78 is 5.42. The van der Waals surface area contributed by atoms with Crippen molar-refractivity contribution in [1.82, 2.24) is 4.98 Å². The molecular weight excluding hydrogens is 328 g/mol. The molecule has 1 aliphatic rings. The fourth-order valence-corrected chi connectivity index (χ4v) is 2.88. The minimum absolute atomic E-state index is 0.120. The smallest absolute Gasteiger partial charge is 0.255 e. The Labute approximate surface area is 154 Å². The Morgan fingerprint density at radius 2 is 1.88 bits per heavy atom. The highest BCUT2D eigenvalue weighted by atomic mass is 16.5. The zero-order chi connectivity index (χ0) is 18.6. The van der Waals surface area contributed by atoms with E-state index in [1.54, 1.807) is 18.3 Å². The van der Waals surface area contributed by atoms with Gasteiger partial charge in [0.05, 0.1) is 24.6 Å². The molecule has 0 saturated carbocycles. The first-order chi connectivity index (χ1) is 12.4. The van der Waals surface area contributed by atoms with Crippen molar-refractivity contribution < 1.29 is 9.53 Å². The molecule has 1 amide bonds. The number of rotatable bonds is 4. The Hall–Kier alpha value is -2.60. The Bertz CT molecular complexity index is 764. The summed E-state index contributed by atoms with van der Waals surface area (Å²) in [4.78, 5) is 19.3. The molecule has 0 spiro atoms. The van der Waals surface area contributed by atoms with Crippen LogP contribution in [0.3, 0.4) is 0 Å². The monoisotopic (exact) mass is 354 g/mol. The van der Waals surface area contributed by atoms with Gasteiger partial charge in [-0.1, -0.05) is 12.1 Å². The summed E-state index contributed by atoms with van der Waals surface area (Å²) in [5.74, 6) is 0.539. The van der Waals surface area contributed by atoms with Crippen molar-refractivity contribution in [2.24, 2.45) is 0 Å². The lowest BCUT2D eigenvalue weighted by Crippen LogP contribution is -2.36. The van der Waals surface area contributed by atoms with Gasteiger partial charge in [-0.3, -0.25) is 4.79 Å². The number of para-hydroxylation sites is 2. The topological polar surface area (TPSA) is 66.5 Å². The van der Waals surface area contributed by atoms with E-state index in [0.717, 1.165) is 24.5 Å². The number of hydrogen-bond donors (Lipinski definition) is 2. The van der Waals surface area contributed by atoms with E-state index in [0.29, 0.717) is 24.6 Å². The molecule has 0 atom stereocenters. The molecule has 0 aliphatic carbocycles. The number of nitrogens with one attached hydrogen (secondary N) is 2. The van der Waals surface area contributed by atoms with Gasteiger partial charge >= 0.3 is 0 Å². The van der Waals surface area contributed by atoms with Crippen LogP contribution in [0.25, 0.3) is 0 Å². The number of morpholine rings is 1. The highest BCUT2D eigenvalue weighted by Crippen LogP contribution is 2.27. The van der Waals surface area contributed by atoms with Gasteiger partial charge in [0, 0.05) is 30.4 Å². The van der Waals surface area contributed by atoms with Gasteiger partial charge in [0.1, 0.15) is 5.82 Å². The molecule has 2 N–H and O–H groups in total. The number of nitrogens with zero attached hydrogens (tertiary/aromatic N) is 2. The van der Waals surface area contributed by atoms with Gasteiger partial charge in [-0.15, -0.1) is 0 Å². The van der Waals surface area contributed by atoms with E-state index in [1.165, 1.54) is 0 Å². The van der Waals surface area contributed by atoms with E-state index < -0.39 is 0 Å². The van der Waals surface area contributed by atoms with Crippen LogP contribution in [0, 0.1) is 0 Å². The van der Waals surface area contributed by atoms with Gasteiger partial charge < -0.3 is 20.3 Å². The third-order valence-corrected chi connectivity index (χ3v) is 4.03. The molecule has 138 valence electrons. The van der Waals surface area contributed by atoms with E-state index in [-0.39, 0.29) is 11.4 Å². The molecule has 6 nitrogen and oxygen atoms in total.